The van der Waals surface area contributed by atoms with Crippen LogP contribution in [0.3, 0.4) is 0 Å². The number of benzene rings is 1. The third-order valence-corrected chi connectivity index (χ3v) is 4.83. The number of aryl methyl sites for hydroxylation is 2. The van der Waals surface area contributed by atoms with Crippen molar-refractivity contribution in [3.63, 3.8) is 0 Å². The van der Waals surface area contributed by atoms with Crippen LogP contribution in [0.4, 0.5) is 0 Å². The lowest BCUT2D eigenvalue weighted by Gasteiger charge is -2.12. The molecule has 1 unspecified atom stereocenters. The predicted octanol–water partition coefficient (Wildman–Crippen LogP) is 3.88. The first kappa shape index (κ1) is 15.7. The van der Waals surface area contributed by atoms with E-state index in [1.54, 1.807) is 0 Å². The van der Waals surface area contributed by atoms with E-state index < -0.39 is 6.10 Å². The fourth-order valence-electron chi connectivity index (χ4n) is 2.25. The van der Waals surface area contributed by atoms with Gasteiger partial charge in [0, 0.05) is 17.4 Å². The molecule has 0 amide bonds. The second kappa shape index (κ2) is 6.87. The highest BCUT2D eigenvalue weighted by Crippen LogP contribution is 2.23. The van der Waals surface area contributed by atoms with Crippen LogP contribution in [-0.2, 0) is 19.4 Å². The van der Waals surface area contributed by atoms with Crippen molar-refractivity contribution in [2.75, 3.05) is 0 Å². The number of nitrogens with zero attached hydrogens (tertiary/aromatic N) is 2. The van der Waals surface area contributed by atoms with Gasteiger partial charge in [-0.1, -0.05) is 28.1 Å². The normalized spacial score (nSPS) is 12.7. The minimum Gasteiger partial charge on any atom is -0.392 e. The highest BCUT2D eigenvalue weighted by Gasteiger charge is 2.16. The number of hydrogen-bond donors (Lipinski definition) is 1. The summed E-state index contributed by atoms with van der Waals surface area (Å²) in [7, 11) is 0. The second-order valence-electron chi connectivity index (χ2n) is 4.85. The lowest BCUT2D eigenvalue weighted by molar-refractivity contribution is 0.172. The molecule has 0 bridgehead atoms. The maximum absolute atomic E-state index is 10.3. The Morgan fingerprint density at radius 1 is 1.20 bits per heavy atom. The van der Waals surface area contributed by atoms with Crippen LogP contribution >= 0.6 is 31.9 Å². The first-order valence-corrected chi connectivity index (χ1v) is 8.24. The van der Waals surface area contributed by atoms with Gasteiger partial charge in [0.2, 0.25) is 0 Å². The molecule has 0 saturated carbocycles. The lowest BCUT2D eigenvalue weighted by atomic mass is 10.0. The number of aromatic nitrogens is 2. The molecule has 108 valence electrons. The van der Waals surface area contributed by atoms with Gasteiger partial charge in [0.15, 0.2) is 0 Å². The van der Waals surface area contributed by atoms with E-state index in [0.717, 1.165) is 32.4 Å². The standard InChI is InChI=1S/C15H18Br2N2O/c1-3-19-14(15(17)10(2)18-19)9-13(20)8-11-4-6-12(16)7-5-11/h4-7,13,20H,3,8-9H2,1-2H3. The van der Waals surface area contributed by atoms with Gasteiger partial charge in [-0.25, -0.2) is 0 Å². The Hall–Kier alpha value is -0.650. The third-order valence-electron chi connectivity index (χ3n) is 3.27. The molecule has 2 aromatic rings. The molecule has 2 rings (SSSR count). The van der Waals surface area contributed by atoms with Crippen LogP contribution in [0.1, 0.15) is 23.9 Å². The van der Waals surface area contributed by atoms with Gasteiger partial charge < -0.3 is 5.11 Å². The van der Waals surface area contributed by atoms with Gasteiger partial charge in [0.05, 0.1) is 22.0 Å². The van der Waals surface area contributed by atoms with E-state index in [-0.39, 0.29) is 0 Å². The Bertz CT molecular complexity index is 578. The van der Waals surface area contributed by atoms with E-state index >= 15 is 0 Å². The Balaban J connectivity index is 2.08. The molecule has 0 fully saturated rings. The Labute approximate surface area is 136 Å². The van der Waals surface area contributed by atoms with Crippen LogP contribution in [0.5, 0.6) is 0 Å². The summed E-state index contributed by atoms with van der Waals surface area (Å²) < 4.78 is 4.01. The first-order valence-electron chi connectivity index (χ1n) is 6.65. The van der Waals surface area contributed by atoms with Crippen molar-refractivity contribution in [1.82, 2.24) is 9.78 Å². The SMILES string of the molecule is CCn1nc(C)c(Br)c1CC(O)Cc1ccc(Br)cc1. The average Bonchev–Trinajstić information content (AvgIpc) is 2.69. The molecular formula is C15H18Br2N2O. The maximum Gasteiger partial charge on any atom is 0.0738 e. The zero-order chi connectivity index (χ0) is 14.7. The summed E-state index contributed by atoms with van der Waals surface area (Å²) in [6.45, 7) is 4.84. The Morgan fingerprint density at radius 3 is 2.45 bits per heavy atom. The number of rotatable bonds is 5. The summed E-state index contributed by atoms with van der Waals surface area (Å²) in [6, 6.07) is 8.06. The van der Waals surface area contributed by atoms with Gasteiger partial charge in [0.1, 0.15) is 0 Å². The maximum atomic E-state index is 10.3. The average molecular weight is 402 g/mol. The number of halogens is 2. The Morgan fingerprint density at radius 2 is 1.85 bits per heavy atom. The van der Waals surface area contributed by atoms with Crippen molar-refractivity contribution in [2.45, 2.75) is 39.3 Å². The van der Waals surface area contributed by atoms with Crippen LogP contribution in [0.15, 0.2) is 33.2 Å². The van der Waals surface area contributed by atoms with Gasteiger partial charge >= 0.3 is 0 Å². The quantitative estimate of drug-likeness (QED) is 0.825. The molecule has 0 aliphatic heterocycles. The van der Waals surface area contributed by atoms with Gasteiger partial charge in [-0.2, -0.15) is 5.10 Å². The van der Waals surface area contributed by atoms with E-state index in [4.69, 9.17) is 0 Å². The molecule has 20 heavy (non-hydrogen) atoms. The molecule has 0 saturated heterocycles. The van der Waals surface area contributed by atoms with Crippen molar-refractivity contribution in [1.29, 1.82) is 0 Å². The summed E-state index contributed by atoms with van der Waals surface area (Å²) in [5.41, 5.74) is 3.17. The van der Waals surface area contributed by atoms with Crippen LogP contribution in [0, 0.1) is 6.92 Å². The molecule has 0 aliphatic rings. The molecular weight excluding hydrogens is 384 g/mol. The largest absolute Gasteiger partial charge is 0.392 e. The smallest absolute Gasteiger partial charge is 0.0738 e. The van der Waals surface area contributed by atoms with Gasteiger partial charge in [0.25, 0.3) is 0 Å². The van der Waals surface area contributed by atoms with Gasteiger partial charge in [-0.3, -0.25) is 4.68 Å². The minimum atomic E-state index is -0.408. The predicted molar refractivity (Wildman–Crippen MR) is 87.9 cm³/mol. The zero-order valence-corrected chi connectivity index (χ0v) is 14.8. The highest BCUT2D eigenvalue weighted by molar-refractivity contribution is 9.10. The molecule has 1 heterocycles. The second-order valence-corrected chi connectivity index (χ2v) is 6.56. The summed E-state index contributed by atoms with van der Waals surface area (Å²) in [5, 5.41) is 14.8. The van der Waals surface area contributed by atoms with Gasteiger partial charge in [-0.15, -0.1) is 0 Å². The first-order chi connectivity index (χ1) is 9.51. The van der Waals surface area contributed by atoms with Crippen molar-refractivity contribution in [2.24, 2.45) is 0 Å². The molecule has 0 spiro atoms. The molecule has 1 N–H and O–H groups in total. The van der Waals surface area contributed by atoms with E-state index in [9.17, 15) is 5.11 Å². The number of hydrogen-bond acceptors (Lipinski definition) is 2. The zero-order valence-electron chi connectivity index (χ0n) is 11.6. The number of aliphatic hydroxyl groups excluding tert-OH is 1. The minimum absolute atomic E-state index is 0.408. The number of aliphatic hydroxyl groups is 1. The van der Waals surface area contributed by atoms with Crippen LogP contribution < -0.4 is 0 Å². The monoisotopic (exact) mass is 400 g/mol. The van der Waals surface area contributed by atoms with Gasteiger partial charge in [-0.05, 0) is 53.9 Å². The topological polar surface area (TPSA) is 38.0 Å². The van der Waals surface area contributed by atoms with Crippen molar-refractivity contribution >= 4 is 31.9 Å². The Kier molecular flexibility index (Phi) is 5.41. The van der Waals surface area contributed by atoms with E-state index in [0.29, 0.717) is 12.8 Å². The highest BCUT2D eigenvalue weighted by atomic mass is 79.9. The third kappa shape index (κ3) is 3.71. The fraction of sp³-hybridized carbons (Fsp3) is 0.400. The molecule has 5 heteroatoms. The summed E-state index contributed by atoms with van der Waals surface area (Å²) in [6.07, 6.45) is 0.841. The van der Waals surface area contributed by atoms with Crippen molar-refractivity contribution < 1.29 is 5.11 Å². The van der Waals surface area contributed by atoms with E-state index in [1.165, 1.54) is 0 Å². The van der Waals surface area contributed by atoms with Crippen LogP contribution in [0.25, 0.3) is 0 Å². The summed E-state index contributed by atoms with van der Waals surface area (Å²) >= 11 is 6.98. The fourth-order valence-corrected chi connectivity index (χ4v) is 2.96. The molecule has 1 atom stereocenters. The van der Waals surface area contributed by atoms with Crippen molar-refractivity contribution in [3.05, 3.63) is 50.2 Å². The van der Waals surface area contributed by atoms with E-state index in [1.807, 2.05) is 35.9 Å². The molecule has 3 nitrogen and oxygen atoms in total. The molecule has 0 aliphatic carbocycles. The molecule has 1 aromatic carbocycles. The van der Waals surface area contributed by atoms with Crippen LogP contribution in [-0.4, -0.2) is 21.0 Å². The van der Waals surface area contributed by atoms with Crippen molar-refractivity contribution in [3.8, 4) is 0 Å². The molecule has 0 radical (unpaired) electrons. The molecule has 1 aromatic heterocycles. The summed E-state index contributed by atoms with van der Waals surface area (Å²) in [5.74, 6) is 0. The van der Waals surface area contributed by atoms with E-state index in [2.05, 4.69) is 43.9 Å². The van der Waals surface area contributed by atoms with Crippen LogP contribution in [0.2, 0.25) is 0 Å². The lowest BCUT2D eigenvalue weighted by Crippen LogP contribution is -2.17. The summed E-state index contributed by atoms with van der Waals surface area (Å²) in [4.78, 5) is 0.